The van der Waals surface area contributed by atoms with Crippen LogP contribution in [0.25, 0.3) is 22.3 Å². The van der Waals surface area contributed by atoms with Crippen LogP contribution in [0.15, 0.2) is 28.3 Å². The second kappa shape index (κ2) is 13.3. The maximum atomic E-state index is 14.5. The van der Waals surface area contributed by atoms with Crippen LogP contribution < -0.4 is 22.9 Å². The summed E-state index contributed by atoms with van der Waals surface area (Å²) in [6.45, 7) is 9.59. The highest BCUT2D eigenvalue weighted by molar-refractivity contribution is 5.93. The van der Waals surface area contributed by atoms with E-state index in [1.54, 1.807) is 17.6 Å². The van der Waals surface area contributed by atoms with Crippen LogP contribution in [0.4, 0.5) is 4.39 Å². The summed E-state index contributed by atoms with van der Waals surface area (Å²) in [5, 5.41) is 21.3. The Kier molecular flexibility index (Phi) is 9.95. The average molecular weight is 625 g/mol. The lowest BCUT2D eigenvalue weighted by atomic mass is 9.85. The maximum absolute atomic E-state index is 14.5. The molecule has 3 aromatic rings. The molecule has 1 aliphatic carbocycles. The smallest absolute Gasteiger partial charge is 0.340 e. The monoisotopic (exact) mass is 624 g/mol. The summed E-state index contributed by atoms with van der Waals surface area (Å²) in [6.07, 6.45) is 1.33. The molecule has 8 N–H and O–H groups in total. The van der Waals surface area contributed by atoms with E-state index in [1.165, 1.54) is 11.1 Å². The Bertz CT molecular complexity index is 1770. The number of ether oxygens (including phenoxy) is 1. The van der Waals surface area contributed by atoms with Crippen molar-refractivity contribution in [2.45, 2.75) is 85.6 Å². The fourth-order valence-electron chi connectivity index (χ4n) is 6.03. The van der Waals surface area contributed by atoms with E-state index in [9.17, 15) is 23.9 Å². The molecule has 2 aromatic heterocycles. The van der Waals surface area contributed by atoms with Crippen molar-refractivity contribution in [1.29, 1.82) is 0 Å². The number of nitrogens with two attached hydrogens (primary N) is 3. The van der Waals surface area contributed by atoms with Gasteiger partial charge in [0.15, 0.2) is 6.10 Å². The molecule has 0 spiro atoms. The number of primary amides is 1. The van der Waals surface area contributed by atoms with E-state index in [1.807, 2.05) is 27.7 Å². The summed E-state index contributed by atoms with van der Waals surface area (Å²) in [5.41, 5.74) is 16.6. The first-order chi connectivity index (χ1) is 21.4. The SMILES string of the molecule is CC.CC(C)N(N)/C(CCO)=C(\N)C(N)=O.Cc1c(F)cc2nc3c(c4c2c1CCC4)Cn1c-3cc2c(c1=O)COC(=O)C2O. The van der Waals surface area contributed by atoms with Crippen LogP contribution >= 0.6 is 0 Å². The van der Waals surface area contributed by atoms with Gasteiger partial charge in [-0.3, -0.25) is 9.59 Å². The largest absolute Gasteiger partial charge is 0.458 e. The van der Waals surface area contributed by atoms with Crippen molar-refractivity contribution in [2.24, 2.45) is 17.3 Å². The molecule has 0 saturated heterocycles. The van der Waals surface area contributed by atoms with Crippen molar-refractivity contribution in [1.82, 2.24) is 14.6 Å². The summed E-state index contributed by atoms with van der Waals surface area (Å²) in [5.74, 6) is 3.90. The van der Waals surface area contributed by atoms with E-state index in [0.717, 1.165) is 41.3 Å². The lowest BCUT2D eigenvalue weighted by Gasteiger charge is -2.26. The van der Waals surface area contributed by atoms with Crippen LogP contribution in [0.3, 0.4) is 0 Å². The molecule has 3 aliphatic rings. The molecular weight excluding hydrogens is 583 g/mol. The first kappa shape index (κ1) is 33.6. The zero-order chi connectivity index (χ0) is 33.3. The minimum absolute atomic E-state index is 0.0190. The minimum atomic E-state index is -1.48. The number of carbonyl (C=O) groups is 2. The zero-order valence-electron chi connectivity index (χ0n) is 26.2. The minimum Gasteiger partial charge on any atom is -0.458 e. The number of hydrogen-bond donors (Lipinski definition) is 5. The molecule has 13 heteroatoms. The van der Waals surface area contributed by atoms with Crippen molar-refractivity contribution in [3.05, 3.63) is 73.1 Å². The molecular formula is C32H41FN6O6. The molecule has 0 saturated carbocycles. The summed E-state index contributed by atoms with van der Waals surface area (Å²) in [6, 6.07) is 3.11. The number of aromatic nitrogens is 2. The quantitative estimate of drug-likeness (QED) is 0.0948. The Hall–Kier alpha value is -4.33. The standard InChI is InChI=1S/C22H17FN2O4.C8H18N4O2.C2H6/c1-9-10-3-2-4-11-13-7-25-17(19(13)24-16(18(10)11)6-15(9)23)5-12-14(21(25)27)8-29-22(28)20(12)26;1-5(2)12(11)6(3-4-13)7(9)8(10)14;1-2/h5-6,20,26H,2-4,7-8H2,1H3;5,13H,3-4,9,11H2,1-2H3,(H2,10,14);1-2H3/b;7-6-;. The molecule has 0 radical (unpaired) electrons. The highest BCUT2D eigenvalue weighted by Crippen LogP contribution is 2.42. The predicted octanol–water partition coefficient (Wildman–Crippen LogP) is 2.09. The molecule has 12 nitrogen and oxygen atoms in total. The number of halogens is 1. The molecule has 1 aromatic carbocycles. The zero-order valence-corrected chi connectivity index (χ0v) is 26.2. The van der Waals surface area contributed by atoms with E-state index in [4.69, 9.17) is 32.1 Å². The van der Waals surface area contributed by atoms with Crippen LogP contribution in [0.5, 0.6) is 0 Å². The van der Waals surface area contributed by atoms with Gasteiger partial charge < -0.3 is 36.0 Å². The van der Waals surface area contributed by atoms with Gasteiger partial charge >= 0.3 is 5.97 Å². The molecule has 4 heterocycles. The topological polar surface area (TPSA) is 200 Å². The molecule has 0 bridgehead atoms. The predicted molar refractivity (Wildman–Crippen MR) is 167 cm³/mol. The van der Waals surface area contributed by atoms with Gasteiger partial charge in [-0.2, -0.15) is 0 Å². The van der Waals surface area contributed by atoms with Crippen LogP contribution in [0.1, 0.15) is 80.0 Å². The van der Waals surface area contributed by atoms with Crippen molar-refractivity contribution in [3.63, 3.8) is 0 Å². The summed E-state index contributed by atoms with van der Waals surface area (Å²) >= 11 is 0. The number of esters is 1. The molecule has 242 valence electrons. The second-order valence-corrected chi connectivity index (χ2v) is 11.2. The van der Waals surface area contributed by atoms with Crippen LogP contribution in [-0.2, 0) is 40.3 Å². The number of carbonyl (C=O) groups excluding carboxylic acids is 2. The van der Waals surface area contributed by atoms with Crippen molar-refractivity contribution in [2.75, 3.05) is 6.61 Å². The van der Waals surface area contributed by atoms with Crippen LogP contribution in [0, 0.1) is 12.7 Å². The van der Waals surface area contributed by atoms with Gasteiger partial charge in [0.05, 0.1) is 34.7 Å². The van der Waals surface area contributed by atoms with Gasteiger partial charge in [0.1, 0.15) is 18.1 Å². The number of pyridine rings is 2. The highest BCUT2D eigenvalue weighted by atomic mass is 19.1. The van der Waals surface area contributed by atoms with Gasteiger partial charge in [-0.15, -0.1) is 0 Å². The molecule has 0 fully saturated rings. The van der Waals surface area contributed by atoms with Gasteiger partial charge in [0.2, 0.25) is 0 Å². The van der Waals surface area contributed by atoms with Crippen molar-refractivity contribution in [3.8, 4) is 11.4 Å². The van der Waals surface area contributed by atoms with Gasteiger partial charge in [-0.25, -0.2) is 20.0 Å². The molecule has 2 aliphatic heterocycles. The third kappa shape index (κ3) is 5.90. The number of rotatable bonds is 5. The van der Waals surface area contributed by atoms with E-state index in [2.05, 4.69) is 0 Å². The first-order valence-electron chi connectivity index (χ1n) is 15.1. The normalized spacial score (nSPS) is 16.3. The Labute approximate surface area is 260 Å². The molecule has 45 heavy (non-hydrogen) atoms. The van der Waals surface area contributed by atoms with Gasteiger partial charge in [0.25, 0.3) is 11.5 Å². The van der Waals surface area contributed by atoms with E-state index in [-0.39, 0.29) is 48.3 Å². The third-order valence-corrected chi connectivity index (χ3v) is 8.33. The van der Waals surface area contributed by atoms with Crippen molar-refractivity contribution >= 4 is 22.8 Å². The fourth-order valence-corrected chi connectivity index (χ4v) is 6.03. The maximum Gasteiger partial charge on any atom is 0.340 e. The van der Waals surface area contributed by atoms with Crippen LogP contribution in [0.2, 0.25) is 0 Å². The number of cyclic esters (lactones) is 1. The number of amides is 1. The van der Waals surface area contributed by atoms with E-state index >= 15 is 0 Å². The van der Waals surface area contributed by atoms with Crippen molar-refractivity contribution < 1.29 is 28.9 Å². The Morgan fingerprint density at radius 2 is 1.82 bits per heavy atom. The lowest BCUT2D eigenvalue weighted by Crippen LogP contribution is -2.40. The Morgan fingerprint density at radius 1 is 1.16 bits per heavy atom. The molecule has 1 amide bonds. The number of aryl methyl sites for hydroxylation is 2. The number of hydrogen-bond acceptors (Lipinski definition) is 10. The summed E-state index contributed by atoms with van der Waals surface area (Å²) in [4.78, 5) is 40.4. The number of benzene rings is 1. The second-order valence-electron chi connectivity index (χ2n) is 11.2. The number of aliphatic hydroxyl groups is 2. The van der Waals surface area contributed by atoms with Gasteiger partial charge in [0, 0.05) is 41.6 Å². The molecule has 1 atom stereocenters. The lowest BCUT2D eigenvalue weighted by molar-refractivity contribution is -0.157. The fraction of sp³-hybridized carbons (Fsp3) is 0.438. The summed E-state index contributed by atoms with van der Waals surface area (Å²) < 4.78 is 21.1. The Morgan fingerprint density at radius 3 is 2.44 bits per heavy atom. The number of aliphatic hydroxyl groups excluding tert-OH is 2. The summed E-state index contributed by atoms with van der Waals surface area (Å²) in [7, 11) is 0. The number of nitrogens with zero attached hydrogens (tertiary/aromatic N) is 3. The average Bonchev–Trinajstić information content (AvgIpc) is 3.40. The third-order valence-electron chi connectivity index (χ3n) is 8.33. The Balaban J connectivity index is 0.000000246. The van der Waals surface area contributed by atoms with E-state index < -0.39 is 18.0 Å². The van der Waals surface area contributed by atoms with Crippen LogP contribution in [-0.4, -0.2) is 49.3 Å². The first-order valence-corrected chi connectivity index (χ1v) is 15.1. The number of hydrazine groups is 1. The molecule has 1 unspecified atom stereocenters. The number of fused-ring (bicyclic) bond motifs is 5. The van der Waals surface area contributed by atoms with Gasteiger partial charge in [-0.1, -0.05) is 13.8 Å². The molecule has 6 rings (SSSR count). The van der Waals surface area contributed by atoms with Gasteiger partial charge in [-0.05, 0) is 62.8 Å². The highest BCUT2D eigenvalue weighted by Gasteiger charge is 2.35. The van der Waals surface area contributed by atoms with E-state index in [0.29, 0.717) is 40.3 Å².